The van der Waals surface area contributed by atoms with E-state index in [0.717, 1.165) is 18.5 Å². The van der Waals surface area contributed by atoms with Crippen LogP contribution in [0.2, 0.25) is 0 Å². The average Bonchev–Trinajstić information content (AvgIpc) is 3.18. The lowest BCUT2D eigenvalue weighted by molar-refractivity contribution is -0.166. The van der Waals surface area contributed by atoms with E-state index >= 15 is 0 Å². The van der Waals surface area contributed by atoms with Crippen molar-refractivity contribution in [3.8, 4) is 0 Å². The summed E-state index contributed by atoms with van der Waals surface area (Å²) in [7, 11) is 0. The number of ether oxygens (including phenoxy) is 4. The third kappa shape index (κ3) is 4.54. The van der Waals surface area contributed by atoms with Crippen molar-refractivity contribution in [1.29, 1.82) is 0 Å². The standard InChI is InChI=1S/C18H23N5O9/c1-5-6-11-13-14(23(28)20-11)17(27)22(21-19-13)18-16(31-10(4)26)15(30-9(3)25)12(32-18)7-29-8(2)24/h12,15-16,18,28H,5-7H2,1-4H3. The molecule has 0 aromatic carbocycles. The van der Waals surface area contributed by atoms with Crippen molar-refractivity contribution < 1.29 is 38.5 Å². The molecule has 0 amide bonds. The molecule has 3 rings (SSSR count). The van der Waals surface area contributed by atoms with Gasteiger partial charge in [0.15, 0.2) is 24.0 Å². The summed E-state index contributed by atoms with van der Waals surface area (Å²) in [5, 5.41) is 21.9. The molecule has 1 fully saturated rings. The first-order valence-electron chi connectivity index (χ1n) is 9.83. The van der Waals surface area contributed by atoms with Crippen molar-refractivity contribution in [3.05, 3.63) is 16.0 Å². The summed E-state index contributed by atoms with van der Waals surface area (Å²) in [6, 6.07) is 0. The summed E-state index contributed by atoms with van der Waals surface area (Å²) in [5.41, 5.74) is -0.577. The van der Waals surface area contributed by atoms with Crippen LogP contribution in [0, 0.1) is 0 Å². The minimum atomic E-state index is -1.39. The van der Waals surface area contributed by atoms with E-state index in [1.165, 1.54) is 6.92 Å². The minimum Gasteiger partial charge on any atom is -0.463 e. The van der Waals surface area contributed by atoms with Crippen molar-refractivity contribution in [1.82, 2.24) is 24.9 Å². The molecule has 4 atom stereocenters. The maximum Gasteiger partial charge on any atom is 0.303 e. The molecule has 174 valence electrons. The summed E-state index contributed by atoms with van der Waals surface area (Å²) in [6.07, 6.45) is -3.84. The second-order valence-electron chi connectivity index (χ2n) is 7.14. The predicted molar refractivity (Wildman–Crippen MR) is 102 cm³/mol. The molecule has 0 bridgehead atoms. The van der Waals surface area contributed by atoms with E-state index in [4.69, 9.17) is 18.9 Å². The maximum absolute atomic E-state index is 13.1. The van der Waals surface area contributed by atoms with Crippen molar-refractivity contribution in [3.63, 3.8) is 0 Å². The molecule has 0 spiro atoms. The largest absolute Gasteiger partial charge is 0.463 e. The van der Waals surface area contributed by atoms with Gasteiger partial charge in [0.2, 0.25) is 0 Å². The number of rotatable bonds is 7. The molecular formula is C18H23N5O9. The Bertz CT molecular complexity index is 1090. The monoisotopic (exact) mass is 453 g/mol. The first-order valence-corrected chi connectivity index (χ1v) is 9.83. The van der Waals surface area contributed by atoms with Gasteiger partial charge in [0, 0.05) is 20.8 Å². The van der Waals surface area contributed by atoms with Crippen LogP contribution in [-0.2, 0) is 39.8 Å². The molecule has 1 aliphatic rings. The Morgan fingerprint density at radius 1 is 1.09 bits per heavy atom. The average molecular weight is 453 g/mol. The number of aromatic nitrogens is 5. The third-order valence-electron chi connectivity index (χ3n) is 4.63. The van der Waals surface area contributed by atoms with Crippen molar-refractivity contribution in [2.75, 3.05) is 6.61 Å². The number of carbonyl (C=O) groups excluding carboxylic acids is 3. The van der Waals surface area contributed by atoms with Crippen LogP contribution < -0.4 is 5.56 Å². The number of fused-ring (bicyclic) bond motifs is 1. The van der Waals surface area contributed by atoms with Gasteiger partial charge in [-0.3, -0.25) is 19.2 Å². The highest BCUT2D eigenvalue weighted by molar-refractivity contribution is 5.75. The summed E-state index contributed by atoms with van der Waals surface area (Å²) in [4.78, 5) is 48.1. The molecule has 1 aliphatic heterocycles. The van der Waals surface area contributed by atoms with E-state index in [2.05, 4.69) is 15.4 Å². The Hall–Kier alpha value is -3.55. The smallest absolute Gasteiger partial charge is 0.303 e. The number of hydrogen-bond donors (Lipinski definition) is 1. The molecule has 0 aliphatic carbocycles. The van der Waals surface area contributed by atoms with E-state index in [9.17, 15) is 24.4 Å². The number of carbonyl (C=O) groups is 3. The zero-order chi connectivity index (χ0) is 23.6. The van der Waals surface area contributed by atoms with Gasteiger partial charge in [-0.1, -0.05) is 23.4 Å². The molecule has 0 saturated carbocycles. The van der Waals surface area contributed by atoms with Crippen LogP contribution in [0.4, 0.5) is 0 Å². The fourth-order valence-corrected chi connectivity index (χ4v) is 3.44. The van der Waals surface area contributed by atoms with Crippen LogP contribution in [0.5, 0.6) is 0 Å². The number of aryl methyl sites for hydroxylation is 1. The van der Waals surface area contributed by atoms with E-state index in [1.54, 1.807) is 0 Å². The normalized spacial score (nSPS) is 22.6. The maximum atomic E-state index is 13.1. The fraction of sp³-hybridized carbons (Fsp3) is 0.611. The predicted octanol–water partition coefficient (Wildman–Crippen LogP) is -0.498. The van der Waals surface area contributed by atoms with Gasteiger partial charge in [0.25, 0.3) is 0 Å². The van der Waals surface area contributed by atoms with E-state index in [0.29, 0.717) is 23.4 Å². The van der Waals surface area contributed by atoms with Crippen LogP contribution in [0.1, 0.15) is 46.0 Å². The SMILES string of the molecule is CCCc1nn(O)c2c(=O)n(C3OC(COC(C)=O)C(OC(C)=O)C3OC(C)=O)nnc12. The minimum absolute atomic E-state index is 0.116. The molecule has 2 aromatic rings. The Morgan fingerprint density at radius 3 is 2.34 bits per heavy atom. The lowest BCUT2D eigenvalue weighted by atomic mass is 10.1. The first-order chi connectivity index (χ1) is 15.1. The highest BCUT2D eigenvalue weighted by Crippen LogP contribution is 2.33. The number of nitrogens with zero attached hydrogens (tertiary/aromatic N) is 5. The molecule has 3 heterocycles. The molecule has 1 N–H and O–H groups in total. The van der Waals surface area contributed by atoms with Gasteiger partial charge in [0.1, 0.15) is 18.2 Å². The lowest BCUT2D eigenvalue weighted by Gasteiger charge is -2.23. The van der Waals surface area contributed by atoms with Gasteiger partial charge >= 0.3 is 23.5 Å². The molecule has 2 aromatic heterocycles. The lowest BCUT2D eigenvalue weighted by Crippen LogP contribution is -2.42. The van der Waals surface area contributed by atoms with Crippen molar-refractivity contribution in [2.45, 2.75) is 65.1 Å². The topological polar surface area (TPSA) is 174 Å². The van der Waals surface area contributed by atoms with Gasteiger partial charge in [-0.05, 0) is 6.42 Å². The summed E-state index contributed by atoms with van der Waals surface area (Å²) in [6.45, 7) is 4.99. The highest BCUT2D eigenvalue weighted by atomic mass is 16.7. The number of esters is 3. The van der Waals surface area contributed by atoms with Crippen molar-refractivity contribution >= 4 is 28.9 Å². The van der Waals surface area contributed by atoms with Crippen LogP contribution in [0.3, 0.4) is 0 Å². The van der Waals surface area contributed by atoms with Gasteiger partial charge in [-0.2, -0.15) is 4.68 Å². The van der Waals surface area contributed by atoms with Crippen LogP contribution in [0.25, 0.3) is 11.0 Å². The summed E-state index contributed by atoms with van der Waals surface area (Å²) < 4.78 is 22.0. The van der Waals surface area contributed by atoms with Gasteiger partial charge < -0.3 is 24.2 Å². The van der Waals surface area contributed by atoms with Gasteiger partial charge in [-0.15, -0.1) is 10.2 Å². The summed E-state index contributed by atoms with van der Waals surface area (Å²) in [5.74, 6) is -2.07. The first kappa shape index (κ1) is 23.1. The molecule has 0 radical (unpaired) electrons. The fourth-order valence-electron chi connectivity index (χ4n) is 3.44. The van der Waals surface area contributed by atoms with Crippen LogP contribution in [-0.4, -0.2) is 73.0 Å². The molecule has 14 heteroatoms. The van der Waals surface area contributed by atoms with Crippen LogP contribution in [0.15, 0.2) is 4.79 Å². The molecule has 1 saturated heterocycles. The van der Waals surface area contributed by atoms with E-state index < -0.39 is 48.0 Å². The number of hydrogen-bond acceptors (Lipinski definition) is 12. The Morgan fingerprint density at radius 2 is 1.75 bits per heavy atom. The second kappa shape index (κ2) is 9.30. The van der Waals surface area contributed by atoms with Crippen molar-refractivity contribution in [2.24, 2.45) is 0 Å². The second-order valence-corrected chi connectivity index (χ2v) is 7.14. The van der Waals surface area contributed by atoms with E-state index in [1.807, 2.05) is 6.92 Å². The quantitative estimate of drug-likeness (QED) is 0.324. The van der Waals surface area contributed by atoms with Gasteiger partial charge in [-0.25, -0.2) is 0 Å². The zero-order valence-electron chi connectivity index (χ0n) is 17.9. The summed E-state index contributed by atoms with van der Waals surface area (Å²) >= 11 is 0. The Labute approximate surface area is 180 Å². The van der Waals surface area contributed by atoms with Gasteiger partial charge in [0.05, 0.1) is 5.69 Å². The molecule has 14 nitrogen and oxygen atoms in total. The third-order valence-corrected chi connectivity index (χ3v) is 4.63. The molecule has 32 heavy (non-hydrogen) atoms. The van der Waals surface area contributed by atoms with Crippen LogP contribution >= 0.6 is 0 Å². The zero-order valence-corrected chi connectivity index (χ0v) is 17.9. The Kier molecular flexibility index (Phi) is 6.72. The Balaban J connectivity index is 2.07. The van der Waals surface area contributed by atoms with E-state index in [-0.39, 0.29) is 17.6 Å². The molecule has 4 unspecified atom stereocenters. The highest BCUT2D eigenvalue weighted by Gasteiger charge is 2.51. The molecular weight excluding hydrogens is 430 g/mol.